The molecule has 0 unspecified atom stereocenters. The average Bonchev–Trinajstić information content (AvgIpc) is 2.51. The fourth-order valence-corrected chi connectivity index (χ4v) is 2.32. The number of fused-ring (bicyclic) bond motifs is 1. The van der Waals surface area contributed by atoms with E-state index in [1.807, 2.05) is 48.5 Å². The molecule has 3 nitrogen and oxygen atoms in total. The first kappa shape index (κ1) is 12.9. The Labute approximate surface area is 122 Å². The molecule has 0 amide bonds. The zero-order chi connectivity index (χ0) is 13.9. The van der Waals surface area contributed by atoms with E-state index in [1.165, 1.54) is 0 Å². The lowest BCUT2D eigenvalue weighted by Gasteiger charge is -2.10. The Morgan fingerprint density at radius 1 is 0.950 bits per heavy atom. The van der Waals surface area contributed by atoms with E-state index in [4.69, 9.17) is 16.3 Å². The van der Waals surface area contributed by atoms with Gasteiger partial charge >= 0.3 is 0 Å². The first-order valence-corrected chi connectivity index (χ1v) is 6.84. The first-order valence-electron chi connectivity index (χ1n) is 6.46. The maximum atomic E-state index is 6.06. The zero-order valence-electron chi connectivity index (χ0n) is 11.0. The minimum atomic E-state index is 0.386. The van der Waals surface area contributed by atoms with Crippen LogP contribution in [-0.4, -0.2) is 10.2 Å². The molecule has 0 aliphatic rings. The van der Waals surface area contributed by atoms with Crippen LogP contribution in [0.5, 0.6) is 11.6 Å². The van der Waals surface area contributed by atoms with Crippen molar-refractivity contribution in [2.24, 2.45) is 0 Å². The van der Waals surface area contributed by atoms with E-state index >= 15 is 0 Å². The summed E-state index contributed by atoms with van der Waals surface area (Å²) in [5.41, 5.74) is 1.13. The summed E-state index contributed by atoms with van der Waals surface area (Å²) in [6.45, 7) is 2.09. The number of aromatic nitrogens is 2. The number of benzene rings is 2. The van der Waals surface area contributed by atoms with E-state index < -0.39 is 0 Å². The van der Waals surface area contributed by atoms with Crippen molar-refractivity contribution >= 4 is 22.4 Å². The maximum absolute atomic E-state index is 6.06. The van der Waals surface area contributed by atoms with Crippen LogP contribution in [0.1, 0.15) is 12.5 Å². The molecule has 0 fully saturated rings. The quantitative estimate of drug-likeness (QED) is 0.703. The predicted molar refractivity (Wildman–Crippen MR) is 80.4 cm³/mol. The number of hydrogen-bond acceptors (Lipinski definition) is 3. The van der Waals surface area contributed by atoms with Crippen molar-refractivity contribution < 1.29 is 4.74 Å². The maximum Gasteiger partial charge on any atom is 0.246 e. The molecule has 0 saturated heterocycles. The van der Waals surface area contributed by atoms with Gasteiger partial charge in [0.2, 0.25) is 5.88 Å². The fraction of sp³-hybridized carbons (Fsp3) is 0.125. The van der Waals surface area contributed by atoms with Gasteiger partial charge in [-0.25, -0.2) is 0 Å². The van der Waals surface area contributed by atoms with E-state index in [-0.39, 0.29) is 0 Å². The summed E-state index contributed by atoms with van der Waals surface area (Å²) in [6, 6.07) is 15.6. The Bertz CT molecular complexity index is 758. The smallest absolute Gasteiger partial charge is 0.246 e. The number of aryl methyl sites for hydroxylation is 1. The van der Waals surface area contributed by atoms with Crippen LogP contribution in [-0.2, 0) is 6.42 Å². The van der Waals surface area contributed by atoms with E-state index in [9.17, 15) is 0 Å². The standard InChI is InChI=1S/C16H13ClN2O/c1-2-11-7-3-6-10-14(11)20-16-13-9-5-4-8-12(13)15(17)18-19-16/h3-10H,2H2,1H3. The fourth-order valence-electron chi connectivity index (χ4n) is 2.12. The van der Waals surface area contributed by atoms with Crippen molar-refractivity contribution in [2.75, 3.05) is 0 Å². The Balaban J connectivity index is 2.09. The Morgan fingerprint density at radius 2 is 1.65 bits per heavy atom. The third kappa shape index (κ3) is 2.32. The molecule has 0 bridgehead atoms. The number of nitrogens with zero attached hydrogens (tertiary/aromatic N) is 2. The highest BCUT2D eigenvalue weighted by atomic mass is 35.5. The second-order valence-electron chi connectivity index (χ2n) is 4.40. The monoisotopic (exact) mass is 284 g/mol. The van der Waals surface area contributed by atoms with Crippen molar-refractivity contribution in [1.82, 2.24) is 10.2 Å². The molecule has 0 atom stereocenters. The van der Waals surface area contributed by atoms with E-state index in [1.54, 1.807) is 0 Å². The van der Waals surface area contributed by atoms with Gasteiger partial charge in [0.05, 0.1) is 0 Å². The van der Waals surface area contributed by atoms with Crippen LogP contribution >= 0.6 is 11.6 Å². The van der Waals surface area contributed by atoms with Crippen LogP contribution in [0.4, 0.5) is 0 Å². The molecular formula is C16H13ClN2O. The van der Waals surface area contributed by atoms with E-state index in [2.05, 4.69) is 17.1 Å². The van der Waals surface area contributed by atoms with Crippen molar-refractivity contribution in [2.45, 2.75) is 13.3 Å². The van der Waals surface area contributed by atoms with Gasteiger partial charge in [0.15, 0.2) is 5.15 Å². The highest BCUT2D eigenvalue weighted by Crippen LogP contribution is 2.31. The third-order valence-corrected chi connectivity index (χ3v) is 3.45. The van der Waals surface area contributed by atoms with Crippen LogP contribution in [0.2, 0.25) is 5.15 Å². The molecule has 1 aromatic heterocycles. The summed E-state index contributed by atoms with van der Waals surface area (Å²) < 4.78 is 5.94. The average molecular weight is 285 g/mol. The zero-order valence-corrected chi connectivity index (χ0v) is 11.8. The van der Waals surface area contributed by atoms with Gasteiger partial charge in [0.1, 0.15) is 5.75 Å². The molecule has 0 aliphatic carbocycles. The molecule has 0 N–H and O–H groups in total. The van der Waals surface area contributed by atoms with Gasteiger partial charge < -0.3 is 4.74 Å². The van der Waals surface area contributed by atoms with Crippen molar-refractivity contribution in [3.05, 3.63) is 59.2 Å². The highest BCUT2D eigenvalue weighted by Gasteiger charge is 2.10. The first-order chi connectivity index (χ1) is 9.79. The number of para-hydroxylation sites is 1. The van der Waals surface area contributed by atoms with Crippen LogP contribution in [0.25, 0.3) is 10.8 Å². The molecule has 1 heterocycles. The summed E-state index contributed by atoms with van der Waals surface area (Å²) in [6.07, 6.45) is 0.898. The minimum Gasteiger partial charge on any atom is -0.437 e. The largest absolute Gasteiger partial charge is 0.437 e. The summed E-state index contributed by atoms with van der Waals surface area (Å²) in [4.78, 5) is 0. The summed E-state index contributed by atoms with van der Waals surface area (Å²) in [5, 5.41) is 10.1. The summed E-state index contributed by atoms with van der Waals surface area (Å²) >= 11 is 6.06. The van der Waals surface area contributed by atoms with Crippen molar-refractivity contribution in [3.63, 3.8) is 0 Å². The number of rotatable bonds is 3. The second kappa shape index (κ2) is 5.47. The van der Waals surface area contributed by atoms with Crippen molar-refractivity contribution in [1.29, 1.82) is 0 Å². The van der Waals surface area contributed by atoms with E-state index in [0.717, 1.165) is 28.5 Å². The van der Waals surface area contributed by atoms with Gasteiger partial charge in [-0.05, 0) is 24.1 Å². The molecule has 4 heteroatoms. The topological polar surface area (TPSA) is 35.0 Å². The van der Waals surface area contributed by atoms with Gasteiger partial charge in [-0.15, -0.1) is 10.2 Å². The molecular weight excluding hydrogens is 272 g/mol. The van der Waals surface area contributed by atoms with Gasteiger partial charge in [-0.1, -0.05) is 54.9 Å². The molecule has 3 rings (SSSR count). The van der Waals surface area contributed by atoms with Gasteiger partial charge in [-0.3, -0.25) is 0 Å². The van der Waals surface area contributed by atoms with Crippen LogP contribution < -0.4 is 4.74 Å². The number of hydrogen-bond donors (Lipinski definition) is 0. The predicted octanol–water partition coefficient (Wildman–Crippen LogP) is 4.64. The molecule has 0 spiro atoms. The lowest BCUT2D eigenvalue weighted by Crippen LogP contribution is -1.95. The lowest BCUT2D eigenvalue weighted by molar-refractivity contribution is 0.457. The van der Waals surface area contributed by atoms with Crippen LogP contribution in [0.15, 0.2) is 48.5 Å². The SMILES string of the molecule is CCc1ccccc1Oc1nnc(Cl)c2ccccc12. The van der Waals surface area contributed by atoms with Gasteiger partial charge in [0, 0.05) is 10.8 Å². The number of ether oxygens (including phenoxy) is 1. The molecule has 0 saturated carbocycles. The molecule has 2 aromatic carbocycles. The molecule has 0 radical (unpaired) electrons. The van der Waals surface area contributed by atoms with E-state index in [0.29, 0.717) is 11.0 Å². The van der Waals surface area contributed by atoms with Gasteiger partial charge in [0.25, 0.3) is 0 Å². The van der Waals surface area contributed by atoms with Crippen molar-refractivity contribution in [3.8, 4) is 11.6 Å². The Morgan fingerprint density at radius 3 is 2.45 bits per heavy atom. The van der Waals surface area contributed by atoms with Crippen LogP contribution in [0.3, 0.4) is 0 Å². The summed E-state index contributed by atoms with van der Waals surface area (Å²) in [5.74, 6) is 1.28. The third-order valence-electron chi connectivity index (χ3n) is 3.17. The normalized spacial score (nSPS) is 10.7. The highest BCUT2D eigenvalue weighted by molar-refractivity contribution is 6.34. The summed E-state index contributed by atoms with van der Waals surface area (Å²) in [7, 11) is 0. The molecule has 20 heavy (non-hydrogen) atoms. The molecule has 100 valence electrons. The minimum absolute atomic E-state index is 0.386. The lowest BCUT2D eigenvalue weighted by atomic mass is 10.1. The molecule has 3 aromatic rings. The molecule has 0 aliphatic heterocycles. The van der Waals surface area contributed by atoms with Gasteiger partial charge in [-0.2, -0.15) is 0 Å². The van der Waals surface area contributed by atoms with Crippen LogP contribution in [0, 0.1) is 0 Å². The number of halogens is 1. The Kier molecular flexibility index (Phi) is 3.52. The second-order valence-corrected chi connectivity index (χ2v) is 4.76. The Hall–Kier alpha value is -2.13.